The molecule has 124 valence electrons. The zero-order chi connectivity index (χ0) is 16.8. The summed E-state index contributed by atoms with van der Waals surface area (Å²) in [7, 11) is 0. The third-order valence-electron chi connectivity index (χ3n) is 2.92. The molecule has 0 unspecified atom stereocenters. The van der Waals surface area contributed by atoms with Gasteiger partial charge in [-0.25, -0.2) is 9.18 Å². The van der Waals surface area contributed by atoms with Crippen LogP contribution in [0.3, 0.4) is 0 Å². The van der Waals surface area contributed by atoms with Crippen LogP contribution in [-0.4, -0.2) is 30.9 Å². The summed E-state index contributed by atoms with van der Waals surface area (Å²) in [5.41, 5.74) is -0.392. The first-order valence-corrected chi connectivity index (χ1v) is 6.63. The molecule has 0 fully saturated rings. The molecule has 2 amide bonds. The Hall–Kier alpha value is -1.96. The first-order valence-electron chi connectivity index (χ1n) is 6.63. The molecule has 0 aliphatic carbocycles. The standard InChI is InChI=1S/C14H19F3N2O3/c1-14(2,5-6-20)8-18-13(21)19-10-4-3-9(15)7-11(10)22-12(16)17/h3-4,7,12,20H,5-6,8H2,1-2H3,(H2,18,19,21). The summed E-state index contributed by atoms with van der Waals surface area (Å²) in [6, 6.07) is 2.27. The molecule has 0 bridgehead atoms. The van der Waals surface area contributed by atoms with Crippen molar-refractivity contribution < 1.29 is 27.8 Å². The van der Waals surface area contributed by atoms with Crippen LogP contribution < -0.4 is 15.4 Å². The number of anilines is 1. The van der Waals surface area contributed by atoms with Crippen molar-refractivity contribution in [2.45, 2.75) is 26.9 Å². The van der Waals surface area contributed by atoms with Gasteiger partial charge in [0.05, 0.1) is 5.69 Å². The molecule has 1 aromatic rings. The molecule has 0 aromatic heterocycles. The number of halogens is 3. The number of benzene rings is 1. The molecule has 22 heavy (non-hydrogen) atoms. The van der Waals surface area contributed by atoms with Crippen LogP contribution in [0.2, 0.25) is 0 Å². The highest BCUT2D eigenvalue weighted by atomic mass is 19.3. The number of carbonyl (C=O) groups excluding carboxylic acids is 1. The molecule has 0 saturated carbocycles. The number of urea groups is 1. The van der Waals surface area contributed by atoms with E-state index in [1.807, 2.05) is 13.8 Å². The third kappa shape index (κ3) is 6.21. The van der Waals surface area contributed by atoms with Gasteiger partial charge >= 0.3 is 12.6 Å². The van der Waals surface area contributed by atoms with Crippen LogP contribution in [0, 0.1) is 11.2 Å². The number of aliphatic hydroxyl groups excluding tert-OH is 1. The van der Waals surface area contributed by atoms with Crippen molar-refractivity contribution in [3.63, 3.8) is 0 Å². The Morgan fingerprint density at radius 1 is 1.41 bits per heavy atom. The number of carbonyl (C=O) groups is 1. The van der Waals surface area contributed by atoms with Gasteiger partial charge in [0.2, 0.25) is 0 Å². The number of aliphatic hydroxyl groups is 1. The molecule has 0 spiro atoms. The van der Waals surface area contributed by atoms with E-state index in [1.165, 1.54) is 0 Å². The van der Waals surface area contributed by atoms with Crippen LogP contribution in [0.4, 0.5) is 23.7 Å². The minimum Gasteiger partial charge on any atom is -0.432 e. The minimum absolute atomic E-state index is 0.0133. The summed E-state index contributed by atoms with van der Waals surface area (Å²) in [5, 5.41) is 13.8. The van der Waals surface area contributed by atoms with E-state index >= 15 is 0 Å². The van der Waals surface area contributed by atoms with E-state index in [4.69, 9.17) is 5.11 Å². The van der Waals surface area contributed by atoms with Crippen molar-refractivity contribution in [1.29, 1.82) is 0 Å². The monoisotopic (exact) mass is 320 g/mol. The molecule has 0 saturated heterocycles. The summed E-state index contributed by atoms with van der Waals surface area (Å²) in [5.74, 6) is -1.22. The summed E-state index contributed by atoms with van der Waals surface area (Å²) in [6.07, 6.45) is 0.490. The van der Waals surface area contributed by atoms with Crippen molar-refractivity contribution in [2.24, 2.45) is 5.41 Å². The maximum Gasteiger partial charge on any atom is 0.387 e. The van der Waals surface area contributed by atoms with Gasteiger partial charge in [-0.3, -0.25) is 0 Å². The smallest absolute Gasteiger partial charge is 0.387 e. The van der Waals surface area contributed by atoms with Crippen molar-refractivity contribution >= 4 is 11.7 Å². The Morgan fingerprint density at radius 3 is 2.68 bits per heavy atom. The van der Waals surface area contributed by atoms with Crippen LogP contribution in [-0.2, 0) is 0 Å². The second kappa shape index (κ2) is 7.88. The van der Waals surface area contributed by atoms with Gasteiger partial charge in [0, 0.05) is 19.2 Å². The van der Waals surface area contributed by atoms with Crippen LogP contribution in [0.15, 0.2) is 18.2 Å². The van der Waals surface area contributed by atoms with E-state index in [0.29, 0.717) is 6.42 Å². The van der Waals surface area contributed by atoms with Gasteiger partial charge in [0.25, 0.3) is 0 Å². The van der Waals surface area contributed by atoms with Gasteiger partial charge in [-0.15, -0.1) is 0 Å². The van der Waals surface area contributed by atoms with Gasteiger partial charge in [-0.05, 0) is 24.0 Å². The average Bonchev–Trinajstić information content (AvgIpc) is 2.39. The van der Waals surface area contributed by atoms with Crippen molar-refractivity contribution in [3.05, 3.63) is 24.0 Å². The number of amides is 2. The summed E-state index contributed by atoms with van der Waals surface area (Å²) >= 11 is 0. The molecule has 3 N–H and O–H groups in total. The lowest BCUT2D eigenvalue weighted by Gasteiger charge is -2.24. The van der Waals surface area contributed by atoms with Gasteiger partial charge < -0.3 is 20.5 Å². The number of alkyl halides is 2. The van der Waals surface area contributed by atoms with Crippen molar-refractivity contribution in [3.8, 4) is 5.75 Å². The molecule has 0 radical (unpaired) electrons. The second-order valence-electron chi connectivity index (χ2n) is 5.46. The van der Waals surface area contributed by atoms with E-state index in [9.17, 15) is 18.0 Å². The Kier molecular flexibility index (Phi) is 6.48. The molecular weight excluding hydrogens is 301 g/mol. The van der Waals surface area contributed by atoms with Crippen LogP contribution in [0.1, 0.15) is 20.3 Å². The normalized spacial score (nSPS) is 11.4. The van der Waals surface area contributed by atoms with Crippen LogP contribution in [0.25, 0.3) is 0 Å². The van der Waals surface area contributed by atoms with Crippen molar-refractivity contribution in [1.82, 2.24) is 5.32 Å². The third-order valence-corrected chi connectivity index (χ3v) is 2.92. The molecule has 0 heterocycles. The maximum absolute atomic E-state index is 13.0. The molecule has 5 nitrogen and oxygen atoms in total. The van der Waals surface area contributed by atoms with E-state index < -0.39 is 24.2 Å². The fraction of sp³-hybridized carbons (Fsp3) is 0.500. The minimum atomic E-state index is -3.13. The van der Waals surface area contributed by atoms with Gasteiger partial charge in [0.15, 0.2) is 5.75 Å². The lowest BCUT2D eigenvalue weighted by atomic mass is 9.90. The predicted octanol–water partition coefficient (Wildman–Crippen LogP) is 2.96. The molecule has 0 aliphatic heterocycles. The van der Waals surface area contributed by atoms with Gasteiger partial charge in [-0.2, -0.15) is 8.78 Å². The molecular formula is C14H19F3N2O3. The first-order chi connectivity index (χ1) is 10.2. The van der Waals surface area contributed by atoms with Crippen LogP contribution in [0.5, 0.6) is 5.75 Å². The fourth-order valence-corrected chi connectivity index (χ4v) is 1.67. The zero-order valence-electron chi connectivity index (χ0n) is 12.3. The van der Waals surface area contributed by atoms with E-state index in [1.54, 1.807) is 0 Å². The SMILES string of the molecule is CC(C)(CCO)CNC(=O)Nc1ccc(F)cc1OC(F)F. The Balaban J connectivity index is 2.68. The Morgan fingerprint density at radius 2 is 2.09 bits per heavy atom. The molecule has 1 aromatic carbocycles. The summed E-state index contributed by atoms with van der Waals surface area (Å²) < 4.78 is 41.7. The number of nitrogens with one attached hydrogen (secondary N) is 2. The quantitative estimate of drug-likeness (QED) is 0.723. The first kappa shape index (κ1) is 18.1. The second-order valence-corrected chi connectivity index (χ2v) is 5.46. The molecule has 8 heteroatoms. The summed E-state index contributed by atoms with van der Waals surface area (Å²) in [4.78, 5) is 11.8. The average molecular weight is 320 g/mol. The Labute approximate surface area is 126 Å². The van der Waals surface area contributed by atoms with E-state index in [0.717, 1.165) is 18.2 Å². The molecule has 0 atom stereocenters. The van der Waals surface area contributed by atoms with Gasteiger partial charge in [0.1, 0.15) is 5.82 Å². The number of hydrogen-bond acceptors (Lipinski definition) is 3. The maximum atomic E-state index is 13.0. The fourth-order valence-electron chi connectivity index (χ4n) is 1.67. The van der Waals surface area contributed by atoms with E-state index in [-0.39, 0.29) is 24.3 Å². The zero-order valence-corrected chi connectivity index (χ0v) is 12.3. The number of rotatable bonds is 7. The van der Waals surface area contributed by atoms with Crippen molar-refractivity contribution in [2.75, 3.05) is 18.5 Å². The highest BCUT2D eigenvalue weighted by Crippen LogP contribution is 2.27. The largest absolute Gasteiger partial charge is 0.432 e. The van der Waals surface area contributed by atoms with Gasteiger partial charge in [-0.1, -0.05) is 13.8 Å². The Bertz CT molecular complexity index is 510. The molecule has 1 rings (SSSR count). The lowest BCUT2D eigenvalue weighted by molar-refractivity contribution is -0.0495. The topological polar surface area (TPSA) is 70.6 Å². The van der Waals surface area contributed by atoms with Crippen LogP contribution >= 0.6 is 0 Å². The number of hydrogen-bond donors (Lipinski definition) is 3. The summed E-state index contributed by atoms with van der Waals surface area (Å²) in [6.45, 7) is 0.833. The number of ether oxygens (including phenoxy) is 1. The molecule has 0 aliphatic rings. The highest BCUT2D eigenvalue weighted by Gasteiger charge is 2.19. The van der Waals surface area contributed by atoms with E-state index in [2.05, 4.69) is 15.4 Å². The lowest BCUT2D eigenvalue weighted by Crippen LogP contribution is -2.37. The highest BCUT2D eigenvalue weighted by molar-refractivity contribution is 5.90. The predicted molar refractivity (Wildman–Crippen MR) is 75.5 cm³/mol.